The summed E-state index contributed by atoms with van der Waals surface area (Å²) in [6, 6.07) is 8.05. The molecule has 4 nitrogen and oxygen atoms in total. The fourth-order valence-electron chi connectivity index (χ4n) is 2.59. The van der Waals surface area contributed by atoms with Gasteiger partial charge >= 0.3 is 0 Å². The van der Waals surface area contributed by atoms with Gasteiger partial charge in [-0.15, -0.1) is 12.4 Å². The Balaban J connectivity index is 0.00000220. The van der Waals surface area contributed by atoms with Crippen molar-refractivity contribution < 1.29 is 4.79 Å². The molecule has 2 rings (SSSR count). The largest absolute Gasteiger partial charge is 0.327 e. The number of amides is 1. The summed E-state index contributed by atoms with van der Waals surface area (Å²) < 4.78 is 1.12. The van der Waals surface area contributed by atoms with Gasteiger partial charge in [-0.1, -0.05) is 19.9 Å². The maximum absolute atomic E-state index is 12.1. The third-order valence-electron chi connectivity index (χ3n) is 3.87. The van der Waals surface area contributed by atoms with Gasteiger partial charge in [-0.25, -0.2) is 0 Å². The zero-order chi connectivity index (χ0) is 14.8. The van der Waals surface area contributed by atoms with E-state index in [0.717, 1.165) is 28.8 Å². The van der Waals surface area contributed by atoms with Crippen molar-refractivity contribution in [1.29, 1.82) is 0 Å². The van der Waals surface area contributed by atoms with Crippen molar-refractivity contribution in [2.24, 2.45) is 11.1 Å². The molecule has 1 heterocycles. The minimum Gasteiger partial charge on any atom is -0.327 e. The van der Waals surface area contributed by atoms with E-state index < -0.39 is 0 Å². The van der Waals surface area contributed by atoms with Gasteiger partial charge in [-0.2, -0.15) is 0 Å². The number of hydrogen-bond acceptors (Lipinski definition) is 3. The lowest BCUT2D eigenvalue weighted by Crippen LogP contribution is -2.53. The molecule has 1 fully saturated rings. The highest BCUT2D eigenvalue weighted by atomic mass is 127. The second-order valence-corrected chi connectivity index (χ2v) is 7.40. The highest BCUT2D eigenvalue weighted by Gasteiger charge is 2.33. The molecule has 0 spiro atoms. The van der Waals surface area contributed by atoms with E-state index in [-0.39, 0.29) is 29.8 Å². The van der Waals surface area contributed by atoms with Crippen LogP contribution in [-0.4, -0.2) is 36.5 Å². The summed E-state index contributed by atoms with van der Waals surface area (Å²) in [4.78, 5) is 14.3. The lowest BCUT2D eigenvalue weighted by Gasteiger charge is -2.42. The number of likely N-dealkylation sites (tertiary alicyclic amines) is 1. The number of carbonyl (C=O) groups excluding carboxylic acids is 1. The first-order valence-corrected chi connectivity index (χ1v) is 7.98. The van der Waals surface area contributed by atoms with Crippen LogP contribution in [0.2, 0.25) is 0 Å². The Labute approximate surface area is 146 Å². The highest BCUT2D eigenvalue weighted by Crippen LogP contribution is 2.27. The third-order valence-corrected chi connectivity index (χ3v) is 4.54. The van der Waals surface area contributed by atoms with Gasteiger partial charge in [0, 0.05) is 28.4 Å². The van der Waals surface area contributed by atoms with Crippen LogP contribution in [0, 0.1) is 8.99 Å². The second kappa shape index (κ2) is 7.76. The number of nitrogens with two attached hydrogens (primary N) is 1. The Hall–Kier alpha value is -0.370. The van der Waals surface area contributed by atoms with E-state index >= 15 is 0 Å². The molecule has 1 saturated heterocycles. The molecule has 3 N–H and O–H groups in total. The zero-order valence-electron chi connectivity index (χ0n) is 12.4. The van der Waals surface area contributed by atoms with Crippen molar-refractivity contribution in [1.82, 2.24) is 4.90 Å². The summed E-state index contributed by atoms with van der Waals surface area (Å²) in [5.74, 6) is 0.0401. The predicted molar refractivity (Wildman–Crippen MR) is 97.9 cm³/mol. The Morgan fingerprint density at radius 1 is 1.52 bits per heavy atom. The molecule has 1 aromatic rings. The summed E-state index contributed by atoms with van der Waals surface area (Å²) in [5, 5.41) is 2.95. The van der Waals surface area contributed by atoms with Gasteiger partial charge in [0.2, 0.25) is 5.91 Å². The summed E-state index contributed by atoms with van der Waals surface area (Å²) in [7, 11) is 0. The van der Waals surface area contributed by atoms with E-state index in [1.807, 2.05) is 24.3 Å². The van der Waals surface area contributed by atoms with Gasteiger partial charge in [0.25, 0.3) is 0 Å². The van der Waals surface area contributed by atoms with Gasteiger partial charge < -0.3 is 11.1 Å². The van der Waals surface area contributed by atoms with Crippen LogP contribution in [0.15, 0.2) is 24.3 Å². The normalized spacial score (nSPS) is 21.4. The number of hydrogen-bond donors (Lipinski definition) is 2. The van der Waals surface area contributed by atoms with Gasteiger partial charge in [-0.05, 0) is 52.6 Å². The molecule has 1 unspecified atom stereocenters. The summed E-state index contributed by atoms with van der Waals surface area (Å²) in [5.41, 5.74) is 7.04. The van der Waals surface area contributed by atoms with Crippen molar-refractivity contribution in [2.45, 2.75) is 26.3 Å². The SMILES string of the molecule is CC1(C)CN(CC(=O)Nc2cccc(I)c2)CCC1N.Cl. The van der Waals surface area contributed by atoms with E-state index in [1.54, 1.807) is 0 Å². The second-order valence-electron chi connectivity index (χ2n) is 6.15. The quantitative estimate of drug-likeness (QED) is 0.735. The first-order valence-electron chi connectivity index (χ1n) is 6.90. The minimum atomic E-state index is 0. The van der Waals surface area contributed by atoms with Crippen LogP contribution in [0.25, 0.3) is 0 Å². The molecular formula is C15H23ClIN3O. The first kappa shape index (κ1) is 18.7. The van der Waals surface area contributed by atoms with E-state index in [0.29, 0.717) is 6.54 Å². The van der Waals surface area contributed by atoms with Crippen LogP contribution in [-0.2, 0) is 4.79 Å². The van der Waals surface area contributed by atoms with E-state index in [2.05, 4.69) is 46.7 Å². The Morgan fingerprint density at radius 3 is 2.86 bits per heavy atom. The molecule has 0 aromatic heterocycles. The van der Waals surface area contributed by atoms with E-state index in [9.17, 15) is 4.79 Å². The molecule has 6 heteroatoms. The van der Waals surface area contributed by atoms with Crippen LogP contribution in [0.4, 0.5) is 5.69 Å². The molecule has 1 amide bonds. The standard InChI is InChI=1S/C15H22IN3O.ClH/c1-15(2)10-19(7-6-13(15)17)9-14(20)18-12-5-3-4-11(16)8-12;/h3-5,8,13H,6-7,9-10,17H2,1-2H3,(H,18,20);1H. The molecule has 0 aliphatic carbocycles. The third kappa shape index (κ3) is 5.39. The first-order chi connectivity index (χ1) is 9.37. The molecule has 0 saturated carbocycles. The average Bonchev–Trinajstić information content (AvgIpc) is 2.33. The lowest BCUT2D eigenvalue weighted by atomic mass is 9.80. The Morgan fingerprint density at radius 2 is 2.24 bits per heavy atom. The smallest absolute Gasteiger partial charge is 0.238 e. The number of rotatable bonds is 3. The number of nitrogens with zero attached hydrogens (tertiary/aromatic N) is 1. The fraction of sp³-hybridized carbons (Fsp3) is 0.533. The Kier molecular flexibility index (Phi) is 6.90. The monoisotopic (exact) mass is 423 g/mol. The number of piperidine rings is 1. The predicted octanol–water partition coefficient (Wildman–Crippen LogP) is 2.71. The maximum Gasteiger partial charge on any atom is 0.238 e. The zero-order valence-corrected chi connectivity index (χ0v) is 15.4. The molecular weight excluding hydrogens is 401 g/mol. The van der Waals surface area contributed by atoms with Crippen molar-refractivity contribution >= 4 is 46.6 Å². The Bertz CT molecular complexity index is 496. The summed E-state index contributed by atoms with van der Waals surface area (Å²) in [6.45, 7) is 6.53. The molecule has 21 heavy (non-hydrogen) atoms. The van der Waals surface area contributed by atoms with Crippen LogP contribution in [0.1, 0.15) is 20.3 Å². The molecule has 1 aromatic carbocycles. The molecule has 1 aliphatic heterocycles. The van der Waals surface area contributed by atoms with Gasteiger partial charge in [-0.3, -0.25) is 9.69 Å². The lowest BCUT2D eigenvalue weighted by molar-refractivity contribution is -0.118. The summed E-state index contributed by atoms with van der Waals surface area (Å²) >= 11 is 2.24. The molecule has 1 aliphatic rings. The van der Waals surface area contributed by atoms with E-state index in [4.69, 9.17) is 5.73 Å². The van der Waals surface area contributed by atoms with Gasteiger partial charge in [0.05, 0.1) is 6.54 Å². The van der Waals surface area contributed by atoms with Crippen LogP contribution in [0.3, 0.4) is 0 Å². The fourth-order valence-corrected chi connectivity index (χ4v) is 3.13. The number of anilines is 1. The molecule has 118 valence electrons. The molecule has 1 atom stereocenters. The van der Waals surface area contributed by atoms with E-state index in [1.165, 1.54) is 0 Å². The van der Waals surface area contributed by atoms with Crippen LogP contribution >= 0.6 is 35.0 Å². The molecule has 0 bridgehead atoms. The number of benzene rings is 1. The van der Waals surface area contributed by atoms with Crippen molar-refractivity contribution in [3.05, 3.63) is 27.8 Å². The topological polar surface area (TPSA) is 58.4 Å². The van der Waals surface area contributed by atoms with Crippen LogP contribution in [0.5, 0.6) is 0 Å². The number of halogens is 2. The molecule has 0 radical (unpaired) electrons. The van der Waals surface area contributed by atoms with Crippen molar-refractivity contribution in [3.63, 3.8) is 0 Å². The highest BCUT2D eigenvalue weighted by molar-refractivity contribution is 14.1. The van der Waals surface area contributed by atoms with Crippen LogP contribution < -0.4 is 11.1 Å². The van der Waals surface area contributed by atoms with Crippen molar-refractivity contribution in [3.8, 4) is 0 Å². The number of carbonyl (C=O) groups is 1. The number of nitrogens with one attached hydrogen (secondary N) is 1. The van der Waals surface area contributed by atoms with Gasteiger partial charge in [0.1, 0.15) is 0 Å². The van der Waals surface area contributed by atoms with Gasteiger partial charge in [0.15, 0.2) is 0 Å². The minimum absolute atomic E-state index is 0. The summed E-state index contributed by atoms with van der Waals surface area (Å²) in [6.07, 6.45) is 0.948. The average molecular weight is 424 g/mol. The maximum atomic E-state index is 12.1. The van der Waals surface area contributed by atoms with Crippen molar-refractivity contribution in [2.75, 3.05) is 25.0 Å².